The van der Waals surface area contributed by atoms with Crippen LogP contribution in [0.3, 0.4) is 0 Å². The Morgan fingerprint density at radius 1 is 1.31 bits per heavy atom. The number of carbonyl (C=O) groups is 1. The van der Waals surface area contributed by atoms with Crippen molar-refractivity contribution in [2.75, 3.05) is 26.2 Å². The number of hydrogen-bond acceptors (Lipinski definition) is 3. The average molecular weight is 225 g/mol. The minimum Gasteiger partial charge on any atom is -0.337 e. The maximum atomic E-state index is 11.8. The Hall–Kier alpha value is -0.610. The predicted octanol–water partition coefficient (Wildman–Crippen LogP) is 0.420. The van der Waals surface area contributed by atoms with Gasteiger partial charge in [0.2, 0.25) is 5.91 Å². The average Bonchev–Trinajstić information content (AvgIpc) is 2.61. The van der Waals surface area contributed by atoms with E-state index in [1.54, 1.807) is 0 Å². The molecule has 2 saturated heterocycles. The zero-order chi connectivity index (χ0) is 11.5. The van der Waals surface area contributed by atoms with Crippen molar-refractivity contribution in [1.29, 1.82) is 0 Å². The lowest BCUT2D eigenvalue weighted by molar-refractivity contribution is -0.130. The molecule has 0 aliphatic carbocycles. The highest BCUT2D eigenvalue weighted by molar-refractivity contribution is 5.83. The molecule has 2 atom stereocenters. The smallest absolute Gasteiger partial charge is 0.239 e. The van der Waals surface area contributed by atoms with Gasteiger partial charge < -0.3 is 15.5 Å². The second kappa shape index (κ2) is 5.15. The van der Waals surface area contributed by atoms with Crippen molar-refractivity contribution in [2.45, 2.75) is 44.7 Å². The molecular formula is C12H23N3O. The van der Waals surface area contributed by atoms with E-state index in [0.29, 0.717) is 6.04 Å². The Morgan fingerprint density at radius 2 is 2.00 bits per heavy atom. The Balaban J connectivity index is 1.82. The van der Waals surface area contributed by atoms with Crippen LogP contribution in [-0.4, -0.2) is 54.0 Å². The van der Waals surface area contributed by atoms with Crippen molar-refractivity contribution in [3.63, 3.8) is 0 Å². The van der Waals surface area contributed by atoms with Crippen LogP contribution in [0.15, 0.2) is 0 Å². The summed E-state index contributed by atoms with van der Waals surface area (Å²) in [6.45, 7) is 6.38. The molecule has 1 amide bonds. The molecule has 2 heterocycles. The number of carbonyl (C=O) groups excluding carboxylic acids is 1. The first-order valence-electron chi connectivity index (χ1n) is 6.47. The number of rotatable bonds is 3. The number of nitrogens with two attached hydrogens (primary N) is 1. The summed E-state index contributed by atoms with van der Waals surface area (Å²) in [5.74, 6) is 0.143. The molecule has 0 aromatic heterocycles. The van der Waals surface area contributed by atoms with Crippen LogP contribution in [0.25, 0.3) is 0 Å². The first kappa shape index (κ1) is 11.9. The van der Waals surface area contributed by atoms with Crippen LogP contribution in [0.4, 0.5) is 0 Å². The lowest BCUT2D eigenvalue weighted by Crippen LogP contribution is -2.46. The van der Waals surface area contributed by atoms with Gasteiger partial charge in [-0.2, -0.15) is 0 Å². The fourth-order valence-electron chi connectivity index (χ4n) is 2.78. The minimum absolute atomic E-state index is 0.143. The van der Waals surface area contributed by atoms with E-state index < -0.39 is 0 Å². The van der Waals surface area contributed by atoms with Gasteiger partial charge in [-0.1, -0.05) is 6.42 Å². The van der Waals surface area contributed by atoms with Gasteiger partial charge in [-0.05, 0) is 39.3 Å². The summed E-state index contributed by atoms with van der Waals surface area (Å²) in [7, 11) is 0. The molecular weight excluding hydrogens is 202 g/mol. The fourth-order valence-corrected chi connectivity index (χ4v) is 2.78. The van der Waals surface area contributed by atoms with Crippen LogP contribution in [0.1, 0.15) is 32.6 Å². The van der Waals surface area contributed by atoms with Crippen LogP contribution >= 0.6 is 0 Å². The quantitative estimate of drug-likeness (QED) is 0.757. The lowest BCUT2D eigenvalue weighted by atomic mass is 10.1. The van der Waals surface area contributed by atoms with Crippen LogP contribution in [0.5, 0.6) is 0 Å². The van der Waals surface area contributed by atoms with E-state index in [0.717, 1.165) is 19.5 Å². The lowest BCUT2D eigenvalue weighted by Gasteiger charge is -2.33. The highest BCUT2D eigenvalue weighted by atomic mass is 16.2. The van der Waals surface area contributed by atoms with E-state index in [4.69, 9.17) is 5.73 Å². The molecule has 2 rings (SSSR count). The fraction of sp³-hybridized carbons (Fsp3) is 0.917. The SMILES string of the molecule is CC(CN1CCCCC1)N1CCC(N)C1=O. The van der Waals surface area contributed by atoms with Gasteiger partial charge >= 0.3 is 0 Å². The summed E-state index contributed by atoms with van der Waals surface area (Å²) in [6.07, 6.45) is 4.79. The van der Waals surface area contributed by atoms with Gasteiger partial charge in [0.25, 0.3) is 0 Å². The van der Waals surface area contributed by atoms with E-state index in [-0.39, 0.29) is 11.9 Å². The van der Waals surface area contributed by atoms with Crippen LogP contribution < -0.4 is 5.73 Å². The predicted molar refractivity (Wildman–Crippen MR) is 64.1 cm³/mol. The monoisotopic (exact) mass is 225 g/mol. The Labute approximate surface area is 97.8 Å². The van der Waals surface area contributed by atoms with Crippen LogP contribution in [-0.2, 0) is 4.79 Å². The van der Waals surface area contributed by atoms with Gasteiger partial charge in [0, 0.05) is 19.1 Å². The molecule has 2 unspecified atom stereocenters. The molecule has 2 N–H and O–H groups in total. The minimum atomic E-state index is -0.246. The molecule has 0 aromatic rings. The summed E-state index contributed by atoms with van der Waals surface area (Å²) in [5.41, 5.74) is 5.73. The number of hydrogen-bond donors (Lipinski definition) is 1. The van der Waals surface area contributed by atoms with Crippen molar-refractivity contribution in [2.24, 2.45) is 5.73 Å². The molecule has 16 heavy (non-hydrogen) atoms. The zero-order valence-corrected chi connectivity index (χ0v) is 10.2. The number of likely N-dealkylation sites (tertiary alicyclic amines) is 2. The molecule has 2 aliphatic heterocycles. The Kier molecular flexibility index (Phi) is 3.82. The molecule has 0 spiro atoms. The molecule has 2 fully saturated rings. The number of nitrogens with zero attached hydrogens (tertiary/aromatic N) is 2. The molecule has 92 valence electrons. The summed E-state index contributed by atoms with van der Waals surface area (Å²) in [5, 5.41) is 0. The maximum Gasteiger partial charge on any atom is 0.239 e. The van der Waals surface area contributed by atoms with Gasteiger partial charge in [0.1, 0.15) is 0 Å². The first-order valence-corrected chi connectivity index (χ1v) is 6.47. The topological polar surface area (TPSA) is 49.6 Å². The number of amides is 1. The van der Waals surface area contributed by atoms with Crippen molar-refractivity contribution >= 4 is 5.91 Å². The zero-order valence-electron chi connectivity index (χ0n) is 10.2. The van der Waals surface area contributed by atoms with Gasteiger partial charge in [-0.15, -0.1) is 0 Å². The molecule has 0 radical (unpaired) electrons. The third-order valence-electron chi connectivity index (χ3n) is 3.78. The Morgan fingerprint density at radius 3 is 2.56 bits per heavy atom. The first-order chi connectivity index (χ1) is 7.68. The van der Waals surface area contributed by atoms with Crippen LogP contribution in [0.2, 0.25) is 0 Å². The van der Waals surface area contributed by atoms with Crippen molar-refractivity contribution in [1.82, 2.24) is 9.80 Å². The molecule has 4 heteroatoms. The van der Waals surface area contributed by atoms with Crippen molar-refractivity contribution in [3.8, 4) is 0 Å². The largest absolute Gasteiger partial charge is 0.337 e. The molecule has 2 aliphatic rings. The van der Waals surface area contributed by atoms with Gasteiger partial charge in [-0.3, -0.25) is 4.79 Å². The van der Waals surface area contributed by atoms with E-state index in [1.807, 2.05) is 4.90 Å². The summed E-state index contributed by atoms with van der Waals surface area (Å²) >= 11 is 0. The third-order valence-corrected chi connectivity index (χ3v) is 3.78. The van der Waals surface area contributed by atoms with Crippen molar-refractivity contribution in [3.05, 3.63) is 0 Å². The van der Waals surface area contributed by atoms with Crippen molar-refractivity contribution < 1.29 is 4.79 Å². The summed E-state index contributed by atoms with van der Waals surface area (Å²) < 4.78 is 0. The molecule has 4 nitrogen and oxygen atoms in total. The highest BCUT2D eigenvalue weighted by Gasteiger charge is 2.32. The standard InChI is InChI=1S/C12H23N3O/c1-10(9-14-6-3-2-4-7-14)15-8-5-11(13)12(15)16/h10-11H,2-9,13H2,1H3. The van der Waals surface area contributed by atoms with Gasteiger partial charge in [0.05, 0.1) is 6.04 Å². The van der Waals surface area contributed by atoms with E-state index >= 15 is 0 Å². The second-order valence-corrected chi connectivity index (χ2v) is 5.14. The van der Waals surface area contributed by atoms with Gasteiger partial charge in [-0.25, -0.2) is 0 Å². The van der Waals surface area contributed by atoms with E-state index in [2.05, 4.69) is 11.8 Å². The normalized spacial score (nSPS) is 29.8. The molecule has 0 bridgehead atoms. The third kappa shape index (κ3) is 2.55. The van der Waals surface area contributed by atoms with E-state index in [1.165, 1.54) is 32.4 Å². The molecule has 0 saturated carbocycles. The Bertz CT molecular complexity index is 251. The maximum absolute atomic E-state index is 11.8. The number of piperidine rings is 1. The van der Waals surface area contributed by atoms with E-state index in [9.17, 15) is 4.79 Å². The highest BCUT2D eigenvalue weighted by Crippen LogP contribution is 2.16. The summed E-state index contributed by atoms with van der Waals surface area (Å²) in [6, 6.07) is 0.0722. The second-order valence-electron chi connectivity index (χ2n) is 5.14. The van der Waals surface area contributed by atoms with Crippen LogP contribution in [0, 0.1) is 0 Å². The van der Waals surface area contributed by atoms with Gasteiger partial charge in [0.15, 0.2) is 0 Å². The molecule has 0 aromatic carbocycles. The summed E-state index contributed by atoms with van der Waals surface area (Å²) in [4.78, 5) is 16.2.